The van der Waals surface area contributed by atoms with Crippen molar-refractivity contribution in [1.29, 1.82) is 0 Å². The minimum Gasteiger partial charge on any atom is -0.508 e. The van der Waals surface area contributed by atoms with E-state index in [-0.39, 0.29) is 11.8 Å². The Morgan fingerprint density at radius 3 is 2.80 bits per heavy atom. The van der Waals surface area contributed by atoms with Gasteiger partial charge in [-0.15, -0.1) is 0 Å². The van der Waals surface area contributed by atoms with Gasteiger partial charge in [0.15, 0.2) is 0 Å². The van der Waals surface area contributed by atoms with Gasteiger partial charge < -0.3 is 20.3 Å². The highest BCUT2D eigenvalue weighted by Gasteiger charge is 2.24. The van der Waals surface area contributed by atoms with Crippen molar-refractivity contribution in [2.45, 2.75) is 12.1 Å². The highest BCUT2D eigenvalue weighted by atomic mass is 16.5. The van der Waals surface area contributed by atoms with Gasteiger partial charge in [0.05, 0.1) is 12.1 Å². The summed E-state index contributed by atoms with van der Waals surface area (Å²) in [5.74, 6) is 0.908. The Morgan fingerprint density at radius 2 is 2.00 bits per heavy atom. The summed E-state index contributed by atoms with van der Waals surface area (Å²) in [6.07, 6.45) is -0.544. The molecule has 20 heavy (non-hydrogen) atoms. The molecule has 3 N–H and O–H groups in total. The van der Waals surface area contributed by atoms with Gasteiger partial charge in [-0.1, -0.05) is 30.3 Å². The smallest absolute Gasteiger partial charge is 0.127 e. The molecule has 0 radical (unpaired) electrons. The minimum absolute atomic E-state index is 0.0453. The molecule has 2 atom stereocenters. The van der Waals surface area contributed by atoms with Crippen LogP contribution in [-0.4, -0.2) is 23.4 Å². The molecule has 0 aromatic heterocycles. The fourth-order valence-corrected chi connectivity index (χ4v) is 2.41. The standard InChI is InChI=1S/C16H17NO3/c18-12-6-7-13-14(10-20-16(13)8-12)17-9-15(19)11-4-2-1-3-5-11/h1-8,14-15,17-19H,9-10H2. The molecule has 0 aliphatic carbocycles. The Morgan fingerprint density at radius 1 is 1.20 bits per heavy atom. The van der Waals surface area contributed by atoms with Crippen LogP contribution in [0.4, 0.5) is 0 Å². The van der Waals surface area contributed by atoms with E-state index in [4.69, 9.17) is 4.74 Å². The third-order valence-electron chi connectivity index (χ3n) is 3.52. The lowest BCUT2D eigenvalue weighted by atomic mass is 10.1. The number of benzene rings is 2. The van der Waals surface area contributed by atoms with Gasteiger partial charge >= 0.3 is 0 Å². The van der Waals surface area contributed by atoms with Gasteiger partial charge in [-0.05, 0) is 17.7 Å². The van der Waals surface area contributed by atoms with E-state index in [1.54, 1.807) is 12.1 Å². The maximum Gasteiger partial charge on any atom is 0.127 e. The van der Waals surface area contributed by atoms with Crippen molar-refractivity contribution >= 4 is 0 Å². The molecule has 0 saturated carbocycles. The van der Waals surface area contributed by atoms with Crippen molar-refractivity contribution in [2.75, 3.05) is 13.2 Å². The van der Waals surface area contributed by atoms with Crippen LogP contribution in [0.3, 0.4) is 0 Å². The average molecular weight is 271 g/mol. The van der Waals surface area contributed by atoms with Crippen molar-refractivity contribution in [1.82, 2.24) is 5.32 Å². The molecule has 4 nitrogen and oxygen atoms in total. The van der Waals surface area contributed by atoms with Crippen molar-refractivity contribution in [3.63, 3.8) is 0 Å². The molecule has 104 valence electrons. The van der Waals surface area contributed by atoms with Gasteiger partial charge in [-0.2, -0.15) is 0 Å². The van der Waals surface area contributed by atoms with Crippen LogP contribution in [-0.2, 0) is 0 Å². The molecular weight excluding hydrogens is 254 g/mol. The van der Waals surface area contributed by atoms with Crippen LogP contribution in [0.5, 0.6) is 11.5 Å². The zero-order valence-corrected chi connectivity index (χ0v) is 11.0. The van der Waals surface area contributed by atoms with E-state index in [9.17, 15) is 10.2 Å². The Balaban J connectivity index is 1.64. The monoisotopic (exact) mass is 271 g/mol. The number of ether oxygens (including phenoxy) is 1. The molecule has 2 unspecified atom stereocenters. The first-order chi connectivity index (χ1) is 9.74. The summed E-state index contributed by atoms with van der Waals surface area (Å²) in [6, 6.07) is 14.7. The summed E-state index contributed by atoms with van der Waals surface area (Å²) in [7, 11) is 0. The molecule has 2 aromatic rings. The number of fused-ring (bicyclic) bond motifs is 1. The molecule has 0 amide bonds. The highest BCUT2D eigenvalue weighted by molar-refractivity contribution is 5.44. The van der Waals surface area contributed by atoms with Crippen LogP contribution in [0.2, 0.25) is 0 Å². The van der Waals surface area contributed by atoms with Crippen LogP contribution in [0.25, 0.3) is 0 Å². The second-order valence-corrected chi connectivity index (χ2v) is 4.92. The number of aliphatic hydroxyl groups is 1. The quantitative estimate of drug-likeness (QED) is 0.797. The lowest BCUT2D eigenvalue weighted by Crippen LogP contribution is -2.27. The Labute approximate surface area is 117 Å². The van der Waals surface area contributed by atoms with Crippen LogP contribution in [0.15, 0.2) is 48.5 Å². The van der Waals surface area contributed by atoms with Gasteiger partial charge in [0.1, 0.15) is 18.1 Å². The van der Waals surface area contributed by atoms with Gasteiger partial charge in [-0.3, -0.25) is 0 Å². The van der Waals surface area contributed by atoms with Gasteiger partial charge in [0.25, 0.3) is 0 Å². The van der Waals surface area contributed by atoms with E-state index in [1.807, 2.05) is 36.4 Å². The summed E-state index contributed by atoms with van der Waals surface area (Å²) < 4.78 is 5.53. The van der Waals surface area contributed by atoms with E-state index >= 15 is 0 Å². The van der Waals surface area contributed by atoms with Crippen LogP contribution < -0.4 is 10.1 Å². The fraction of sp³-hybridized carbons (Fsp3) is 0.250. The Hall–Kier alpha value is -2.04. The second kappa shape index (κ2) is 5.53. The van der Waals surface area contributed by atoms with Crippen molar-refractivity contribution < 1.29 is 14.9 Å². The number of hydrogen-bond acceptors (Lipinski definition) is 4. The Bertz CT molecular complexity index is 586. The number of phenols is 1. The van der Waals surface area contributed by atoms with Crippen LogP contribution in [0, 0.1) is 0 Å². The maximum absolute atomic E-state index is 10.1. The number of nitrogens with one attached hydrogen (secondary N) is 1. The van der Waals surface area contributed by atoms with Crippen LogP contribution >= 0.6 is 0 Å². The molecule has 1 aliphatic heterocycles. The predicted octanol–water partition coefficient (Wildman–Crippen LogP) is 2.15. The third-order valence-corrected chi connectivity index (χ3v) is 3.52. The van der Waals surface area contributed by atoms with Crippen molar-refractivity contribution in [2.24, 2.45) is 0 Å². The SMILES string of the molecule is Oc1ccc2c(c1)OCC2NCC(O)c1ccccc1. The molecule has 1 aliphatic rings. The largest absolute Gasteiger partial charge is 0.508 e. The summed E-state index contributed by atoms with van der Waals surface area (Å²) in [4.78, 5) is 0. The molecule has 0 spiro atoms. The first kappa shape index (κ1) is 13.0. The normalized spacial score (nSPS) is 18.4. The number of aliphatic hydroxyl groups excluding tert-OH is 1. The molecule has 0 fully saturated rings. The maximum atomic E-state index is 10.1. The summed E-state index contributed by atoms with van der Waals surface area (Å²) in [5.41, 5.74) is 1.91. The second-order valence-electron chi connectivity index (χ2n) is 4.92. The van der Waals surface area contributed by atoms with Gasteiger partial charge in [0, 0.05) is 18.2 Å². The van der Waals surface area contributed by atoms with E-state index in [0.717, 1.165) is 11.1 Å². The molecule has 2 aromatic carbocycles. The average Bonchev–Trinajstić information content (AvgIpc) is 2.88. The molecular formula is C16H17NO3. The molecule has 0 bridgehead atoms. The van der Waals surface area contributed by atoms with Gasteiger partial charge in [-0.25, -0.2) is 0 Å². The molecule has 4 heteroatoms. The predicted molar refractivity (Wildman–Crippen MR) is 75.7 cm³/mol. The summed E-state index contributed by atoms with van der Waals surface area (Å²) in [5, 5.41) is 22.8. The number of aromatic hydroxyl groups is 1. The summed E-state index contributed by atoms with van der Waals surface area (Å²) >= 11 is 0. The van der Waals surface area contributed by atoms with Crippen LogP contribution in [0.1, 0.15) is 23.3 Å². The van der Waals surface area contributed by atoms with E-state index < -0.39 is 6.10 Å². The first-order valence-corrected chi connectivity index (χ1v) is 6.66. The zero-order chi connectivity index (χ0) is 13.9. The highest BCUT2D eigenvalue weighted by Crippen LogP contribution is 2.34. The summed E-state index contributed by atoms with van der Waals surface area (Å²) in [6.45, 7) is 0.971. The third kappa shape index (κ3) is 2.61. The van der Waals surface area contributed by atoms with E-state index in [1.165, 1.54) is 0 Å². The lowest BCUT2D eigenvalue weighted by Gasteiger charge is -2.16. The number of phenolic OH excluding ortho intramolecular Hbond substituents is 1. The molecule has 3 rings (SSSR count). The first-order valence-electron chi connectivity index (χ1n) is 6.66. The van der Waals surface area contributed by atoms with Crippen molar-refractivity contribution in [3.8, 4) is 11.5 Å². The van der Waals surface area contributed by atoms with Gasteiger partial charge in [0.2, 0.25) is 0 Å². The van der Waals surface area contributed by atoms with E-state index in [2.05, 4.69) is 5.32 Å². The fourth-order valence-electron chi connectivity index (χ4n) is 2.41. The van der Waals surface area contributed by atoms with Crippen molar-refractivity contribution in [3.05, 3.63) is 59.7 Å². The number of hydrogen-bond donors (Lipinski definition) is 3. The lowest BCUT2D eigenvalue weighted by molar-refractivity contribution is 0.166. The molecule has 1 heterocycles. The number of rotatable bonds is 4. The Kier molecular flexibility index (Phi) is 3.58. The minimum atomic E-state index is -0.544. The zero-order valence-electron chi connectivity index (χ0n) is 11.0. The topological polar surface area (TPSA) is 61.7 Å². The van der Waals surface area contributed by atoms with E-state index in [0.29, 0.717) is 18.9 Å². The molecule has 0 saturated heterocycles.